The zero-order valence-corrected chi connectivity index (χ0v) is 16.8. The minimum Gasteiger partial charge on any atom is -0.452 e. The summed E-state index contributed by atoms with van der Waals surface area (Å²) in [6.45, 7) is 1.43. The molecular formula is C20H22N2O5S. The molecule has 0 N–H and O–H groups in total. The van der Waals surface area contributed by atoms with Crippen molar-refractivity contribution in [1.82, 2.24) is 0 Å². The number of hydrogen-bond donors (Lipinski definition) is 0. The fourth-order valence-electron chi connectivity index (χ4n) is 3.34. The molecule has 0 spiro atoms. The molecule has 28 heavy (non-hydrogen) atoms. The number of ether oxygens (including phenoxy) is 1. The van der Waals surface area contributed by atoms with Crippen LogP contribution in [0.2, 0.25) is 0 Å². The number of likely N-dealkylation sites (N-methyl/N-ethyl adjacent to an activating group) is 1. The Bertz CT molecular complexity index is 1000. The fraction of sp³-hybridized carbons (Fsp3) is 0.300. The molecule has 1 aliphatic rings. The Kier molecular flexibility index (Phi) is 5.42. The monoisotopic (exact) mass is 402 g/mol. The first-order valence-electron chi connectivity index (χ1n) is 8.79. The molecule has 2 aromatic rings. The minimum absolute atomic E-state index is 0.211. The van der Waals surface area contributed by atoms with E-state index in [0.29, 0.717) is 17.8 Å². The number of nitrogens with zero attached hydrogens (tertiary/aromatic N) is 2. The summed E-state index contributed by atoms with van der Waals surface area (Å²) >= 11 is 0. The second-order valence-electron chi connectivity index (χ2n) is 6.82. The number of fused-ring (bicyclic) bond motifs is 1. The second-order valence-corrected chi connectivity index (χ2v) is 8.68. The molecule has 0 radical (unpaired) electrons. The van der Waals surface area contributed by atoms with Gasteiger partial charge in [-0.2, -0.15) is 0 Å². The Hall–Kier alpha value is -2.87. The third-order valence-electron chi connectivity index (χ3n) is 4.67. The maximum Gasteiger partial charge on any atom is 0.338 e. The van der Waals surface area contributed by atoms with Gasteiger partial charge in [0, 0.05) is 18.8 Å². The lowest BCUT2D eigenvalue weighted by Gasteiger charge is -2.21. The van der Waals surface area contributed by atoms with E-state index in [4.69, 9.17) is 4.74 Å². The van der Waals surface area contributed by atoms with Crippen molar-refractivity contribution in [2.45, 2.75) is 19.4 Å². The second kappa shape index (κ2) is 7.63. The molecule has 1 amide bonds. The molecule has 0 fully saturated rings. The lowest BCUT2D eigenvalue weighted by atomic mass is 10.1. The van der Waals surface area contributed by atoms with Gasteiger partial charge in [0.15, 0.2) is 6.61 Å². The van der Waals surface area contributed by atoms with E-state index in [-0.39, 0.29) is 24.1 Å². The number of hydrogen-bond acceptors (Lipinski definition) is 5. The summed E-state index contributed by atoms with van der Waals surface area (Å²) in [4.78, 5) is 26.0. The molecule has 0 unspecified atom stereocenters. The van der Waals surface area contributed by atoms with E-state index < -0.39 is 16.0 Å². The lowest BCUT2D eigenvalue weighted by Crippen LogP contribution is -2.34. The van der Waals surface area contributed by atoms with Crippen LogP contribution in [0.15, 0.2) is 48.5 Å². The SMILES string of the molecule is C[C@@H]1Cc2cc(C(=O)OCC(=O)N(C)c3ccccc3)ccc2N1S(C)(=O)=O. The first kappa shape index (κ1) is 19.9. The standard InChI is InChI=1S/C20H22N2O5S/c1-14-11-16-12-15(9-10-18(16)22(14)28(3,25)26)20(24)27-13-19(23)21(2)17-7-5-4-6-8-17/h4-10,12,14H,11,13H2,1-3H3/t14-/m1/s1. The number of carbonyl (C=O) groups is 2. The highest BCUT2D eigenvalue weighted by atomic mass is 32.2. The number of carbonyl (C=O) groups excluding carboxylic acids is 2. The maximum absolute atomic E-state index is 12.3. The number of esters is 1. The lowest BCUT2D eigenvalue weighted by molar-refractivity contribution is -0.121. The Morgan fingerprint density at radius 1 is 1.18 bits per heavy atom. The summed E-state index contributed by atoms with van der Waals surface area (Å²) in [7, 11) is -1.78. The fourth-order valence-corrected chi connectivity index (χ4v) is 4.60. The van der Waals surface area contributed by atoms with Crippen LogP contribution in [0.5, 0.6) is 0 Å². The number of sulfonamides is 1. The van der Waals surface area contributed by atoms with Crippen molar-refractivity contribution in [1.29, 1.82) is 0 Å². The maximum atomic E-state index is 12.3. The van der Waals surface area contributed by atoms with Crippen LogP contribution < -0.4 is 9.21 Å². The molecule has 7 nitrogen and oxygen atoms in total. The van der Waals surface area contributed by atoms with Crippen molar-refractivity contribution >= 4 is 33.3 Å². The van der Waals surface area contributed by atoms with Crippen molar-refractivity contribution in [2.24, 2.45) is 0 Å². The highest BCUT2D eigenvalue weighted by Gasteiger charge is 2.33. The van der Waals surface area contributed by atoms with Gasteiger partial charge in [0.1, 0.15) is 0 Å². The number of para-hydroxylation sites is 1. The van der Waals surface area contributed by atoms with Gasteiger partial charge in [-0.05, 0) is 49.2 Å². The van der Waals surface area contributed by atoms with E-state index in [1.165, 1.54) is 15.3 Å². The van der Waals surface area contributed by atoms with E-state index in [9.17, 15) is 18.0 Å². The zero-order valence-electron chi connectivity index (χ0n) is 16.0. The van der Waals surface area contributed by atoms with Gasteiger partial charge in [0.05, 0.1) is 17.5 Å². The summed E-state index contributed by atoms with van der Waals surface area (Å²) in [6.07, 6.45) is 1.68. The highest BCUT2D eigenvalue weighted by Crippen LogP contribution is 2.34. The Labute approximate surface area is 164 Å². The average molecular weight is 402 g/mol. The smallest absolute Gasteiger partial charge is 0.338 e. The van der Waals surface area contributed by atoms with E-state index in [0.717, 1.165) is 11.8 Å². The third kappa shape index (κ3) is 4.01. The van der Waals surface area contributed by atoms with Crippen LogP contribution in [0.4, 0.5) is 11.4 Å². The summed E-state index contributed by atoms with van der Waals surface area (Å²) in [5.74, 6) is -0.972. The molecule has 1 atom stereocenters. The molecule has 0 aliphatic carbocycles. The molecule has 3 rings (SSSR count). The normalized spacial score (nSPS) is 15.8. The summed E-state index contributed by atoms with van der Waals surface area (Å²) in [6, 6.07) is 13.6. The van der Waals surface area contributed by atoms with Crippen LogP contribution in [-0.2, 0) is 26.0 Å². The Morgan fingerprint density at radius 3 is 2.50 bits per heavy atom. The predicted octanol–water partition coefficient (Wildman–Crippen LogP) is 2.22. The summed E-state index contributed by atoms with van der Waals surface area (Å²) < 4.78 is 30.5. The van der Waals surface area contributed by atoms with Crippen LogP contribution in [0.1, 0.15) is 22.8 Å². The molecular weight excluding hydrogens is 380 g/mol. The molecule has 1 heterocycles. The van der Waals surface area contributed by atoms with Gasteiger partial charge in [-0.25, -0.2) is 13.2 Å². The molecule has 0 aromatic heterocycles. The van der Waals surface area contributed by atoms with Crippen molar-refractivity contribution < 1.29 is 22.7 Å². The Balaban J connectivity index is 1.68. The highest BCUT2D eigenvalue weighted by molar-refractivity contribution is 7.92. The molecule has 8 heteroatoms. The number of rotatable bonds is 5. The van der Waals surface area contributed by atoms with Gasteiger partial charge in [0.2, 0.25) is 10.0 Å². The predicted molar refractivity (Wildman–Crippen MR) is 107 cm³/mol. The van der Waals surface area contributed by atoms with E-state index in [2.05, 4.69) is 0 Å². The molecule has 0 bridgehead atoms. The molecule has 2 aromatic carbocycles. The first-order valence-corrected chi connectivity index (χ1v) is 10.6. The van der Waals surface area contributed by atoms with Crippen LogP contribution in [0.3, 0.4) is 0 Å². The molecule has 0 saturated heterocycles. The van der Waals surface area contributed by atoms with Gasteiger partial charge in [0.25, 0.3) is 5.91 Å². The Morgan fingerprint density at radius 2 is 1.86 bits per heavy atom. The van der Waals surface area contributed by atoms with Gasteiger partial charge >= 0.3 is 5.97 Å². The zero-order chi connectivity index (χ0) is 20.5. The topological polar surface area (TPSA) is 84.0 Å². The average Bonchev–Trinajstić information content (AvgIpc) is 3.00. The van der Waals surface area contributed by atoms with Crippen molar-refractivity contribution in [3.63, 3.8) is 0 Å². The quantitative estimate of drug-likeness (QED) is 0.716. The largest absolute Gasteiger partial charge is 0.452 e. The van der Waals surface area contributed by atoms with Crippen LogP contribution in [-0.4, -0.2) is 46.2 Å². The van der Waals surface area contributed by atoms with Gasteiger partial charge in [-0.3, -0.25) is 9.10 Å². The summed E-state index contributed by atoms with van der Waals surface area (Å²) in [5, 5.41) is 0. The first-order chi connectivity index (χ1) is 13.2. The van der Waals surface area contributed by atoms with Crippen LogP contribution in [0, 0.1) is 0 Å². The number of amides is 1. The van der Waals surface area contributed by atoms with E-state index in [1.807, 2.05) is 25.1 Å². The van der Waals surface area contributed by atoms with Crippen molar-refractivity contribution in [3.05, 3.63) is 59.7 Å². The number of anilines is 2. The van der Waals surface area contributed by atoms with Crippen LogP contribution in [0.25, 0.3) is 0 Å². The van der Waals surface area contributed by atoms with Crippen molar-refractivity contribution in [3.8, 4) is 0 Å². The van der Waals surface area contributed by atoms with Crippen molar-refractivity contribution in [2.75, 3.05) is 29.1 Å². The van der Waals surface area contributed by atoms with Crippen LogP contribution >= 0.6 is 0 Å². The number of benzene rings is 2. The molecule has 1 aliphatic heterocycles. The van der Waals surface area contributed by atoms with Gasteiger partial charge in [-0.15, -0.1) is 0 Å². The third-order valence-corrected chi connectivity index (χ3v) is 5.94. The summed E-state index contributed by atoms with van der Waals surface area (Å²) in [5.41, 5.74) is 2.33. The molecule has 148 valence electrons. The van der Waals surface area contributed by atoms with E-state index >= 15 is 0 Å². The van der Waals surface area contributed by atoms with Gasteiger partial charge in [-0.1, -0.05) is 18.2 Å². The van der Waals surface area contributed by atoms with E-state index in [1.54, 1.807) is 31.3 Å². The molecule has 0 saturated carbocycles. The minimum atomic E-state index is -3.39. The van der Waals surface area contributed by atoms with Gasteiger partial charge < -0.3 is 9.64 Å².